The van der Waals surface area contributed by atoms with Crippen molar-refractivity contribution < 1.29 is 0 Å². The molecule has 13 fully saturated rings. The molecule has 70 heavy (non-hydrogen) atoms. The monoisotopic (exact) mass is 964 g/mol. The van der Waals surface area contributed by atoms with E-state index in [4.69, 9.17) is 0 Å². The summed E-state index contributed by atoms with van der Waals surface area (Å²) in [7, 11) is 0. The lowest BCUT2D eigenvalue weighted by molar-refractivity contribution is -0.00872. The zero-order valence-electron chi connectivity index (χ0n) is 45.2. The average molecular weight is 965 g/mol. The van der Waals surface area contributed by atoms with E-state index in [9.17, 15) is 0 Å². The van der Waals surface area contributed by atoms with Crippen molar-refractivity contribution in [1.82, 2.24) is 35.6 Å². The molecule has 3 N–H and O–H groups in total. The Bertz CT molecular complexity index is 1470. The lowest BCUT2D eigenvalue weighted by Gasteiger charge is -2.51. The minimum absolute atomic E-state index is 0.795. The number of hydrogen-bond acceptors (Lipinski definition) is 7. The minimum Gasteiger partial charge on any atom is -0.316 e. The molecule has 0 aromatic carbocycles. The highest BCUT2D eigenvalue weighted by Crippen LogP contribution is 2.53. The molecule has 0 bridgehead atoms. The SMILES string of the molecule is C1CCC(N(C2CCCCC2)C2CCC3C(C2)C2CNCCC2N3C2CCC(C3CCCC(C4CCC(N5C6CCNCC6C6CC(N(C7CCCCC7)C7CCCCC7)CCC65)CC4)N3)CC2)CC1. The van der Waals surface area contributed by atoms with Crippen molar-refractivity contribution >= 4 is 0 Å². The Morgan fingerprint density at radius 1 is 0.286 bits per heavy atom. The molecule has 5 saturated heterocycles. The maximum Gasteiger partial charge on any atom is 0.0157 e. The smallest absolute Gasteiger partial charge is 0.0157 e. The van der Waals surface area contributed by atoms with E-state index >= 15 is 0 Å². The molecule has 5 heterocycles. The first kappa shape index (κ1) is 49.3. The van der Waals surface area contributed by atoms with Crippen LogP contribution in [-0.4, -0.2) is 130 Å². The summed E-state index contributed by atoms with van der Waals surface area (Å²) in [6, 6.07) is 12.2. The minimum atomic E-state index is 0.795. The van der Waals surface area contributed by atoms with Gasteiger partial charge in [-0.05, 0) is 229 Å². The third-order valence-electron chi connectivity index (χ3n) is 25.0. The van der Waals surface area contributed by atoms with Gasteiger partial charge in [-0.15, -0.1) is 0 Å². The van der Waals surface area contributed by atoms with E-state index in [1.165, 1.54) is 277 Å². The van der Waals surface area contributed by atoms with Gasteiger partial charge in [0.05, 0.1) is 0 Å². The summed E-state index contributed by atoms with van der Waals surface area (Å²) in [4.78, 5) is 13.1. The predicted molar refractivity (Wildman–Crippen MR) is 290 cm³/mol. The van der Waals surface area contributed by atoms with E-state index in [1.54, 1.807) is 0 Å². The van der Waals surface area contributed by atoms with Crippen LogP contribution in [0.5, 0.6) is 0 Å². The second-order valence-electron chi connectivity index (χ2n) is 28.2. The lowest BCUT2D eigenvalue weighted by Crippen LogP contribution is -2.56. The molecule has 0 radical (unpaired) electrons. The second kappa shape index (κ2) is 22.7. The molecule has 13 aliphatic rings. The van der Waals surface area contributed by atoms with Crippen molar-refractivity contribution in [3.05, 3.63) is 0 Å². The van der Waals surface area contributed by atoms with Gasteiger partial charge in [0.1, 0.15) is 0 Å². The fourth-order valence-corrected chi connectivity index (χ4v) is 22.1. The lowest BCUT2D eigenvalue weighted by atomic mass is 9.73. The largest absolute Gasteiger partial charge is 0.316 e. The molecular formula is C63H109N7. The molecule has 7 nitrogen and oxygen atoms in total. The number of rotatable bonds is 10. The molecule has 0 aromatic rings. The summed E-state index contributed by atoms with van der Waals surface area (Å²) in [5, 5.41) is 12.5. The van der Waals surface area contributed by atoms with E-state index in [0.29, 0.717) is 0 Å². The molecule has 0 amide bonds. The number of piperidine rings is 3. The standard InChI is InChI=1S/C63H109N7/c1-5-14-46(15-6-1)67(47-16-7-2-8-17-47)52-32-34-60-54(40-52)56-42-64-38-36-62(56)69(60)50-28-24-44(25-29-50)58-22-13-23-59(66-58)45-26-30-51(31-27-45)70-61-35-33-53(41-55(61)57-43-65-39-37-63(57)70)68(48-18-9-3-10-19-48)49-20-11-4-12-21-49/h44-66H,1-43H2. The van der Waals surface area contributed by atoms with Gasteiger partial charge in [0.2, 0.25) is 0 Å². The van der Waals surface area contributed by atoms with E-state index in [-0.39, 0.29) is 0 Å². The van der Waals surface area contributed by atoms with Gasteiger partial charge < -0.3 is 16.0 Å². The topological polar surface area (TPSA) is 49.1 Å². The second-order valence-corrected chi connectivity index (χ2v) is 28.2. The molecule has 0 aromatic heterocycles. The molecule has 7 heteroatoms. The van der Waals surface area contributed by atoms with Gasteiger partial charge in [0.15, 0.2) is 0 Å². The van der Waals surface area contributed by atoms with E-state index in [2.05, 4.69) is 35.6 Å². The predicted octanol–water partition coefficient (Wildman–Crippen LogP) is 12.2. The zero-order valence-corrected chi connectivity index (χ0v) is 45.2. The van der Waals surface area contributed by atoms with Crippen LogP contribution in [0.25, 0.3) is 0 Å². The van der Waals surface area contributed by atoms with Gasteiger partial charge in [-0.2, -0.15) is 0 Å². The summed E-state index contributed by atoms with van der Waals surface area (Å²) in [6.07, 6.45) is 58.2. The van der Waals surface area contributed by atoms with Crippen LogP contribution in [0.3, 0.4) is 0 Å². The van der Waals surface area contributed by atoms with Gasteiger partial charge in [0.25, 0.3) is 0 Å². The number of nitrogens with one attached hydrogen (secondary N) is 3. The maximum absolute atomic E-state index is 4.53. The Labute approximate surface area is 430 Å². The van der Waals surface area contributed by atoms with Gasteiger partial charge in [-0.25, -0.2) is 0 Å². The normalized spacial score (nSPS) is 45.9. The van der Waals surface area contributed by atoms with E-state index in [0.717, 1.165) is 120 Å². The first-order chi connectivity index (χ1) is 34.7. The van der Waals surface area contributed by atoms with Crippen molar-refractivity contribution in [1.29, 1.82) is 0 Å². The molecule has 12 unspecified atom stereocenters. The summed E-state index contributed by atoms with van der Waals surface area (Å²) in [6.45, 7) is 5.15. The fourth-order valence-electron chi connectivity index (χ4n) is 22.1. The van der Waals surface area contributed by atoms with Gasteiger partial charge in [-0.3, -0.25) is 19.6 Å². The molecule has 396 valence electrons. The van der Waals surface area contributed by atoms with Crippen LogP contribution < -0.4 is 16.0 Å². The first-order valence-electron chi connectivity index (χ1n) is 33.0. The molecular weight excluding hydrogens is 855 g/mol. The Balaban J connectivity index is 0.615. The highest BCUT2D eigenvalue weighted by atomic mass is 15.3. The van der Waals surface area contributed by atoms with Crippen LogP contribution in [0.1, 0.15) is 250 Å². The van der Waals surface area contributed by atoms with Crippen molar-refractivity contribution in [2.75, 3.05) is 26.2 Å². The number of nitrogens with zero attached hydrogens (tertiary/aromatic N) is 4. The van der Waals surface area contributed by atoms with Crippen LogP contribution in [0.4, 0.5) is 0 Å². The molecule has 13 rings (SSSR count). The summed E-state index contributed by atoms with van der Waals surface area (Å²) in [5.74, 6) is 5.55. The van der Waals surface area contributed by atoms with E-state index < -0.39 is 0 Å². The van der Waals surface area contributed by atoms with Crippen LogP contribution in [0, 0.1) is 35.5 Å². The van der Waals surface area contributed by atoms with Crippen LogP contribution >= 0.6 is 0 Å². The highest BCUT2D eigenvalue weighted by molar-refractivity contribution is 5.11. The van der Waals surface area contributed by atoms with Crippen LogP contribution in [0.2, 0.25) is 0 Å². The van der Waals surface area contributed by atoms with Crippen molar-refractivity contribution in [2.45, 2.75) is 335 Å². The van der Waals surface area contributed by atoms with Gasteiger partial charge in [0, 0.05) is 84.6 Å². The summed E-state index contributed by atoms with van der Waals surface area (Å²) in [5.41, 5.74) is 0. The van der Waals surface area contributed by atoms with Gasteiger partial charge >= 0.3 is 0 Å². The van der Waals surface area contributed by atoms with Crippen LogP contribution in [-0.2, 0) is 0 Å². The molecule has 8 aliphatic carbocycles. The first-order valence-corrected chi connectivity index (χ1v) is 33.0. The van der Waals surface area contributed by atoms with Gasteiger partial charge in [-0.1, -0.05) is 83.5 Å². The van der Waals surface area contributed by atoms with Crippen molar-refractivity contribution in [3.63, 3.8) is 0 Å². The van der Waals surface area contributed by atoms with E-state index in [1.807, 2.05) is 0 Å². The Morgan fingerprint density at radius 3 is 1.01 bits per heavy atom. The quantitative estimate of drug-likeness (QED) is 0.202. The third-order valence-corrected chi connectivity index (χ3v) is 25.0. The molecule has 12 atom stereocenters. The maximum atomic E-state index is 4.53. The Hall–Kier alpha value is -0.280. The zero-order chi connectivity index (χ0) is 46.4. The summed E-state index contributed by atoms with van der Waals surface area (Å²) >= 11 is 0. The Kier molecular flexibility index (Phi) is 16.0. The van der Waals surface area contributed by atoms with Crippen molar-refractivity contribution in [3.8, 4) is 0 Å². The van der Waals surface area contributed by atoms with Crippen LogP contribution in [0.15, 0.2) is 0 Å². The third kappa shape index (κ3) is 9.99. The summed E-state index contributed by atoms with van der Waals surface area (Å²) < 4.78 is 0. The fraction of sp³-hybridized carbons (Fsp3) is 1.00. The number of hydrogen-bond donors (Lipinski definition) is 3. The number of fused-ring (bicyclic) bond motifs is 6. The van der Waals surface area contributed by atoms with Crippen molar-refractivity contribution in [2.24, 2.45) is 35.5 Å². The Morgan fingerprint density at radius 2 is 0.643 bits per heavy atom. The number of likely N-dealkylation sites (tertiary alicyclic amines) is 2. The highest BCUT2D eigenvalue weighted by Gasteiger charge is 2.57. The molecule has 8 saturated carbocycles. The molecule has 5 aliphatic heterocycles. The molecule has 0 spiro atoms. The average Bonchev–Trinajstić information content (AvgIpc) is 3.95.